The lowest BCUT2D eigenvalue weighted by Crippen LogP contribution is -2.16. The van der Waals surface area contributed by atoms with Crippen molar-refractivity contribution < 1.29 is 1.43 Å². The van der Waals surface area contributed by atoms with E-state index in [0.717, 1.165) is 11.5 Å². The maximum atomic E-state index is 4.14. The second-order valence-corrected chi connectivity index (χ2v) is 2.41. The van der Waals surface area contributed by atoms with Crippen LogP contribution in [0.25, 0.3) is 0 Å². The third kappa shape index (κ3) is 0.708. The molecule has 0 bridgehead atoms. The number of rotatable bonds is 0. The molecule has 0 radical (unpaired) electrons. The lowest BCUT2D eigenvalue weighted by molar-refractivity contribution is 0.951. The molecule has 2 rings (SSSR count). The van der Waals surface area contributed by atoms with Gasteiger partial charge in [-0.05, 0) is 19.1 Å². The largest absolute Gasteiger partial charge is 0.363 e. The average Bonchev–Trinajstić information content (AvgIpc) is 2.27. The lowest BCUT2D eigenvalue weighted by atomic mass is 10.4. The summed E-state index contributed by atoms with van der Waals surface area (Å²) in [6.07, 6.45) is 2.09. The monoisotopic (exact) mass is 137 g/mol. The average molecular weight is 137 g/mol. The van der Waals surface area contributed by atoms with E-state index in [1.807, 2.05) is 12.1 Å². The van der Waals surface area contributed by atoms with Crippen molar-refractivity contribution in [2.75, 3.05) is 10.6 Å². The molecule has 1 unspecified atom stereocenters. The summed E-state index contributed by atoms with van der Waals surface area (Å²) in [5.74, 6) is 0.954. The summed E-state index contributed by atoms with van der Waals surface area (Å²) in [5.41, 5.74) is 1.09. The Morgan fingerprint density at radius 3 is 3.30 bits per heavy atom. The second-order valence-electron chi connectivity index (χ2n) is 2.41. The standard InChI is InChI=1S/C7H9N3.H2/c1-5-9-6-3-2-4-8-7(6)10-5;/h2-5,9H,1H3,(H,8,10);1H. The summed E-state index contributed by atoms with van der Waals surface area (Å²) in [7, 11) is 0. The Bertz CT molecular complexity index is 226. The molecule has 0 aliphatic carbocycles. The van der Waals surface area contributed by atoms with Gasteiger partial charge < -0.3 is 10.6 Å². The summed E-state index contributed by atoms with van der Waals surface area (Å²) in [5, 5.41) is 6.40. The highest BCUT2D eigenvalue weighted by Gasteiger charge is 2.14. The molecule has 0 fully saturated rings. The molecule has 0 aromatic carbocycles. The molecule has 0 amide bonds. The molecular weight excluding hydrogens is 126 g/mol. The van der Waals surface area contributed by atoms with Gasteiger partial charge in [0.25, 0.3) is 0 Å². The van der Waals surface area contributed by atoms with E-state index in [-0.39, 0.29) is 1.43 Å². The Balaban J connectivity index is 0.000000605. The van der Waals surface area contributed by atoms with E-state index in [0.29, 0.717) is 6.17 Å². The minimum Gasteiger partial charge on any atom is -0.363 e. The predicted molar refractivity (Wildman–Crippen MR) is 43.1 cm³/mol. The van der Waals surface area contributed by atoms with Crippen molar-refractivity contribution in [3.8, 4) is 0 Å². The molecule has 1 aliphatic heterocycles. The molecule has 3 nitrogen and oxygen atoms in total. The van der Waals surface area contributed by atoms with E-state index in [9.17, 15) is 0 Å². The van der Waals surface area contributed by atoms with Crippen LogP contribution in [0.2, 0.25) is 0 Å². The molecule has 3 heteroatoms. The minimum atomic E-state index is 0. The molecule has 0 saturated carbocycles. The Kier molecular flexibility index (Phi) is 1.03. The van der Waals surface area contributed by atoms with Crippen LogP contribution in [0.15, 0.2) is 18.3 Å². The Hall–Kier alpha value is -1.25. The van der Waals surface area contributed by atoms with Crippen LogP contribution in [-0.2, 0) is 0 Å². The maximum Gasteiger partial charge on any atom is 0.150 e. The first-order valence-electron chi connectivity index (χ1n) is 3.34. The van der Waals surface area contributed by atoms with Crippen molar-refractivity contribution >= 4 is 11.5 Å². The van der Waals surface area contributed by atoms with Crippen molar-refractivity contribution in [2.24, 2.45) is 0 Å². The SMILES string of the molecule is CC1Nc2cccnc2N1.[HH]. The number of hydrogen-bond donors (Lipinski definition) is 2. The van der Waals surface area contributed by atoms with Crippen LogP contribution in [0.4, 0.5) is 11.5 Å². The number of anilines is 2. The smallest absolute Gasteiger partial charge is 0.150 e. The zero-order chi connectivity index (χ0) is 6.97. The summed E-state index contributed by atoms with van der Waals surface area (Å²) in [6.45, 7) is 2.06. The van der Waals surface area contributed by atoms with Crippen LogP contribution in [0.5, 0.6) is 0 Å². The van der Waals surface area contributed by atoms with Gasteiger partial charge in [-0.1, -0.05) is 0 Å². The highest BCUT2D eigenvalue weighted by Crippen LogP contribution is 2.24. The third-order valence-electron chi connectivity index (χ3n) is 1.53. The number of fused-ring (bicyclic) bond motifs is 1. The summed E-state index contributed by atoms with van der Waals surface area (Å²) in [6, 6.07) is 3.93. The van der Waals surface area contributed by atoms with Crippen LogP contribution in [0.1, 0.15) is 8.35 Å². The van der Waals surface area contributed by atoms with E-state index in [1.54, 1.807) is 6.20 Å². The number of nitrogens with one attached hydrogen (secondary N) is 2. The molecule has 54 valence electrons. The van der Waals surface area contributed by atoms with Crippen LogP contribution >= 0.6 is 0 Å². The fourth-order valence-corrected chi connectivity index (χ4v) is 1.11. The fraction of sp³-hybridized carbons (Fsp3) is 0.286. The van der Waals surface area contributed by atoms with E-state index >= 15 is 0 Å². The zero-order valence-electron chi connectivity index (χ0n) is 5.76. The Morgan fingerprint density at radius 2 is 2.50 bits per heavy atom. The lowest BCUT2D eigenvalue weighted by Gasteiger charge is -2.00. The van der Waals surface area contributed by atoms with Crippen molar-refractivity contribution in [3.63, 3.8) is 0 Å². The number of aromatic nitrogens is 1. The maximum absolute atomic E-state index is 4.14. The molecule has 1 aromatic rings. The minimum absolute atomic E-state index is 0. The van der Waals surface area contributed by atoms with Crippen LogP contribution < -0.4 is 10.6 Å². The van der Waals surface area contributed by atoms with Gasteiger partial charge in [0.05, 0.1) is 11.9 Å². The first-order chi connectivity index (χ1) is 4.86. The van der Waals surface area contributed by atoms with Gasteiger partial charge in [-0.2, -0.15) is 0 Å². The van der Waals surface area contributed by atoms with Crippen LogP contribution in [0, 0.1) is 0 Å². The molecule has 2 N–H and O–H groups in total. The van der Waals surface area contributed by atoms with Gasteiger partial charge in [0, 0.05) is 7.62 Å². The summed E-state index contributed by atoms with van der Waals surface area (Å²) in [4.78, 5) is 4.14. The third-order valence-corrected chi connectivity index (χ3v) is 1.53. The quantitative estimate of drug-likeness (QED) is 0.569. The van der Waals surface area contributed by atoms with Gasteiger partial charge in [-0.25, -0.2) is 4.98 Å². The summed E-state index contributed by atoms with van der Waals surface area (Å²) < 4.78 is 0. The van der Waals surface area contributed by atoms with E-state index in [1.165, 1.54) is 0 Å². The fourth-order valence-electron chi connectivity index (χ4n) is 1.11. The zero-order valence-corrected chi connectivity index (χ0v) is 5.76. The van der Waals surface area contributed by atoms with Gasteiger partial charge in [0.2, 0.25) is 0 Å². The van der Waals surface area contributed by atoms with Crippen molar-refractivity contribution in [2.45, 2.75) is 13.1 Å². The van der Waals surface area contributed by atoms with Gasteiger partial charge >= 0.3 is 0 Å². The van der Waals surface area contributed by atoms with Gasteiger partial charge in [0.1, 0.15) is 0 Å². The molecular formula is C7H11N3. The number of nitrogens with zero attached hydrogens (tertiary/aromatic N) is 1. The highest BCUT2D eigenvalue weighted by molar-refractivity contribution is 5.69. The van der Waals surface area contributed by atoms with E-state index in [4.69, 9.17) is 0 Å². The van der Waals surface area contributed by atoms with Gasteiger partial charge in [0.15, 0.2) is 5.82 Å². The molecule has 1 aromatic heterocycles. The summed E-state index contributed by atoms with van der Waals surface area (Å²) >= 11 is 0. The van der Waals surface area contributed by atoms with E-state index < -0.39 is 0 Å². The molecule has 10 heavy (non-hydrogen) atoms. The predicted octanol–water partition coefficient (Wildman–Crippen LogP) is 1.51. The van der Waals surface area contributed by atoms with E-state index in [2.05, 4.69) is 22.5 Å². The number of pyridine rings is 1. The number of hydrogen-bond acceptors (Lipinski definition) is 3. The first-order valence-corrected chi connectivity index (χ1v) is 3.34. The normalized spacial score (nSPS) is 21.1. The van der Waals surface area contributed by atoms with Gasteiger partial charge in [-0.15, -0.1) is 0 Å². The van der Waals surface area contributed by atoms with Crippen LogP contribution in [0.3, 0.4) is 0 Å². The molecule has 1 atom stereocenters. The van der Waals surface area contributed by atoms with Crippen molar-refractivity contribution in [3.05, 3.63) is 18.3 Å². The molecule has 0 spiro atoms. The molecule has 2 heterocycles. The van der Waals surface area contributed by atoms with Crippen LogP contribution in [-0.4, -0.2) is 11.1 Å². The molecule has 0 saturated heterocycles. The second kappa shape index (κ2) is 1.87. The molecule has 1 aliphatic rings. The topological polar surface area (TPSA) is 37.0 Å². The Labute approximate surface area is 61.0 Å². The van der Waals surface area contributed by atoms with Crippen molar-refractivity contribution in [1.29, 1.82) is 0 Å². The Morgan fingerprint density at radius 1 is 1.60 bits per heavy atom. The van der Waals surface area contributed by atoms with Crippen molar-refractivity contribution in [1.82, 2.24) is 4.98 Å². The highest BCUT2D eigenvalue weighted by atomic mass is 15.2. The first kappa shape index (κ1) is 5.53. The van der Waals surface area contributed by atoms with Gasteiger partial charge in [-0.3, -0.25) is 0 Å².